The van der Waals surface area contributed by atoms with Gasteiger partial charge in [-0.1, -0.05) is 0 Å². The standard InChI is InChI=1S/H3N.O3S.H2S/c;1-4(2)3;/h1H3;;1H2. The summed E-state index contributed by atoms with van der Waals surface area (Å²) in [6, 6.07) is 0. The highest BCUT2D eigenvalue weighted by molar-refractivity contribution is 7.59. The second-order valence-corrected chi connectivity index (χ2v) is 0.612. The molecule has 0 amide bonds. The van der Waals surface area contributed by atoms with E-state index in [1.807, 2.05) is 0 Å². The third kappa shape index (κ3) is 6890. The van der Waals surface area contributed by atoms with Crippen molar-refractivity contribution in [2.45, 2.75) is 0 Å². The smallest absolute Gasteiger partial charge is 0.344 e. The van der Waals surface area contributed by atoms with E-state index < -0.39 is 10.6 Å². The van der Waals surface area contributed by atoms with Crippen LogP contribution >= 0.6 is 13.5 Å². The molecule has 0 aromatic rings. The van der Waals surface area contributed by atoms with Gasteiger partial charge in [0.2, 0.25) is 0 Å². The summed E-state index contributed by atoms with van der Waals surface area (Å²) in [7, 11) is -3.11. The van der Waals surface area contributed by atoms with E-state index in [-0.39, 0.29) is 19.6 Å². The van der Waals surface area contributed by atoms with Gasteiger partial charge in [-0.05, 0) is 0 Å². The van der Waals surface area contributed by atoms with E-state index in [4.69, 9.17) is 12.6 Å². The molecule has 6 heavy (non-hydrogen) atoms. The molecule has 0 fully saturated rings. The molecular formula is H5NO3S2. The van der Waals surface area contributed by atoms with Crippen LogP contribution in [0.3, 0.4) is 0 Å². The lowest BCUT2D eigenvalue weighted by Crippen LogP contribution is -1.40. The second kappa shape index (κ2) is 8.87. The molecular weight excluding hydrogens is 126 g/mol. The van der Waals surface area contributed by atoms with Crippen molar-refractivity contribution >= 4 is 24.1 Å². The SMILES string of the molecule is N.O=S(=O)=O.S. The zero-order chi connectivity index (χ0) is 3.58. The van der Waals surface area contributed by atoms with Crippen molar-refractivity contribution in [3.63, 3.8) is 0 Å². The molecule has 0 spiro atoms. The van der Waals surface area contributed by atoms with E-state index in [1.165, 1.54) is 0 Å². The molecule has 40 valence electrons. The summed E-state index contributed by atoms with van der Waals surface area (Å²) in [5.74, 6) is 0. The van der Waals surface area contributed by atoms with Crippen LogP contribution in [0.25, 0.3) is 0 Å². The lowest BCUT2D eigenvalue weighted by Gasteiger charge is -1.11. The highest BCUT2D eigenvalue weighted by Gasteiger charge is 1.40. The Morgan fingerprint density at radius 1 is 1.00 bits per heavy atom. The van der Waals surface area contributed by atoms with Gasteiger partial charge in [-0.15, -0.1) is 12.6 Å². The third-order valence-electron chi connectivity index (χ3n) is 0. The maximum atomic E-state index is 8.44. The highest BCUT2D eigenvalue weighted by Crippen LogP contribution is 1.07. The van der Waals surface area contributed by atoms with Gasteiger partial charge in [0.1, 0.15) is 0 Å². The van der Waals surface area contributed by atoms with Crippen molar-refractivity contribution in [2.24, 2.45) is 0 Å². The molecule has 0 atom stereocenters. The van der Waals surface area contributed by atoms with Crippen molar-refractivity contribution in [1.82, 2.24) is 6.15 Å². The molecule has 0 aliphatic rings. The van der Waals surface area contributed by atoms with Crippen molar-refractivity contribution in [3.8, 4) is 0 Å². The van der Waals surface area contributed by atoms with Crippen LogP contribution in [0.15, 0.2) is 0 Å². The molecule has 4 nitrogen and oxygen atoms in total. The molecule has 0 aliphatic heterocycles. The fourth-order valence-corrected chi connectivity index (χ4v) is 0. The molecule has 3 N–H and O–H groups in total. The lowest BCUT2D eigenvalue weighted by molar-refractivity contribution is 0.559. The van der Waals surface area contributed by atoms with Gasteiger partial charge in [0.15, 0.2) is 0 Å². The Morgan fingerprint density at radius 3 is 1.00 bits per heavy atom. The van der Waals surface area contributed by atoms with Gasteiger partial charge in [0.25, 0.3) is 0 Å². The fourth-order valence-electron chi connectivity index (χ4n) is 0. The predicted molar refractivity (Wildman–Crippen MR) is 25.1 cm³/mol. The largest absolute Gasteiger partial charge is 0.425 e. The van der Waals surface area contributed by atoms with Gasteiger partial charge >= 0.3 is 10.6 Å². The highest BCUT2D eigenvalue weighted by atomic mass is 32.2. The van der Waals surface area contributed by atoms with Crippen LogP contribution in [0.5, 0.6) is 0 Å². The van der Waals surface area contributed by atoms with E-state index in [0.717, 1.165) is 0 Å². The summed E-state index contributed by atoms with van der Waals surface area (Å²) < 4.78 is 25.3. The molecule has 0 heterocycles. The topological polar surface area (TPSA) is 86.2 Å². The Bertz CT molecular complexity index is 78.2. The molecule has 0 saturated carbocycles. The van der Waals surface area contributed by atoms with Gasteiger partial charge in [-0.3, -0.25) is 0 Å². The summed E-state index contributed by atoms with van der Waals surface area (Å²) in [5, 5.41) is 0. The Labute approximate surface area is 43.6 Å². The van der Waals surface area contributed by atoms with Gasteiger partial charge in [-0.2, -0.15) is 13.5 Å². The van der Waals surface area contributed by atoms with Gasteiger partial charge in [-0.25, -0.2) is 0 Å². The summed E-state index contributed by atoms with van der Waals surface area (Å²) in [4.78, 5) is 0. The van der Waals surface area contributed by atoms with Crippen LogP contribution in [0.1, 0.15) is 0 Å². The normalized spacial score (nSPS) is 4.00. The van der Waals surface area contributed by atoms with E-state index in [2.05, 4.69) is 0 Å². The first-order chi connectivity index (χ1) is 1.73. The molecule has 0 aromatic carbocycles. The van der Waals surface area contributed by atoms with Crippen LogP contribution in [0.2, 0.25) is 0 Å². The molecule has 0 aliphatic carbocycles. The van der Waals surface area contributed by atoms with Crippen LogP contribution in [0, 0.1) is 0 Å². The quantitative estimate of drug-likeness (QED) is 0.469. The van der Waals surface area contributed by atoms with Crippen LogP contribution < -0.4 is 6.15 Å². The molecule has 0 saturated heterocycles. The Morgan fingerprint density at radius 2 is 1.00 bits per heavy atom. The zero-order valence-electron chi connectivity index (χ0n) is 2.84. The average Bonchev–Trinajstić information content (AvgIpc) is 0.811. The second-order valence-electron chi connectivity index (χ2n) is 0.204. The van der Waals surface area contributed by atoms with Crippen molar-refractivity contribution in [3.05, 3.63) is 0 Å². The van der Waals surface area contributed by atoms with E-state index >= 15 is 0 Å². The fraction of sp³-hybridized carbons (Fsp3) is 0. The van der Waals surface area contributed by atoms with E-state index in [0.29, 0.717) is 0 Å². The number of hydrogen-bond acceptors (Lipinski definition) is 4. The summed E-state index contributed by atoms with van der Waals surface area (Å²) >= 11 is 0. The maximum absolute atomic E-state index is 8.44. The Hall–Kier alpha value is -0.0700. The first-order valence-corrected chi connectivity index (χ1v) is 1.50. The molecule has 0 bridgehead atoms. The minimum absolute atomic E-state index is 0. The monoisotopic (exact) mass is 131 g/mol. The summed E-state index contributed by atoms with van der Waals surface area (Å²) in [6.07, 6.45) is 0. The predicted octanol–water partition coefficient (Wildman–Crippen LogP) is -0.729. The first-order valence-electron chi connectivity index (χ1n) is 0.500. The average molecular weight is 131 g/mol. The molecule has 6 heteroatoms. The number of hydrogen-bond donors (Lipinski definition) is 1. The van der Waals surface area contributed by atoms with Crippen molar-refractivity contribution < 1.29 is 12.6 Å². The van der Waals surface area contributed by atoms with Gasteiger partial charge < -0.3 is 6.15 Å². The number of rotatable bonds is 0. The molecule has 0 radical (unpaired) electrons. The van der Waals surface area contributed by atoms with E-state index in [9.17, 15) is 0 Å². The van der Waals surface area contributed by atoms with Crippen LogP contribution in [0.4, 0.5) is 0 Å². The minimum atomic E-state index is -3.11. The molecule has 0 rings (SSSR count). The van der Waals surface area contributed by atoms with E-state index in [1.54, 1.807) is 0 Å². The first kappa shape index (κ1) is 16.8. The Kier molecular flexibility index (Phi) is 24.8. The zero-order valence-corrected chi connectivity index (χ0v) is 4.66. The lowest BCUT2D eigenvalue weighted by atomic mass is 14.0. The van der Waals surface area contributed by atoms with Crippen molar-refractivity contribution in [2.75, 3.05) is 0 Å². The third-order valence-corrected chi connectivity index (χ3v) is 0. The van der Waals surface area contributed by atoms with Crippen LogP contribution in [-0.2, 0) is 10.6 Å². The Balaban J connectivity index is -0.0000000450. The van der Waals surface area contributed by atoms with Crippen LogP contribution in [-0.4, -0.2) is 12.6 Å². The minimum Gasteiger partial charge on any atom is -0.344 e. The summed E-state index contributed by atoms with van der Waals surface area (Å²) in [5.41, 5.74) is 0. The van der Waals surface area contributed by atoms with Crippen molar-refractivity contribution in [1.29, 1.82) is 0 Å². The molecule has 0 aromatic heterocycles. The maximum Gasteiger partial charge on any atom is 0.425 e. The molecule has 0 unspecified atom stereocenters. The van der Waals surface area contributed by atoms with Gasteiger partial charge in [0.05, 0.1) is 0 Å². The van der Waals surface area contributed by atoms with Gasteiger partial charge in [0, 0.05) is 0 Å². The summed E-state index contributed by atoms with van der Waals surface area (Å²) in [6.45, 7) is 0.